The van der Waals surface area contributed by atoms with Crippen LogP contribution in [0.1, 0.15) is 12.6 Å². The van der Waals surface area contributed by atoms with E-state index in [-0.39, 0.29) is 11.5 Å². The van der Waals surface area contributed by atoms with Gasteiger partial charge in [-0.25, -0.2) is 0 Å². The van der Waals surface area contributed by atoms with Crippen LogP contribution in [0.25, 0.3) is 0 Å². The van der Waals surface area contributed by atoms with Crippen molar-refractivity contribution in [2.24, 2.45) is 0 Å². The molecule has 60 valence electrons. The van der Waals surface area contributed by atoms with Crippen molar-refractivity contribution in [2.75, 3.05) is 11.6 Å². The Kier molecular flexibility index (Phi) is 1.75. The van der Waals surface area contributed by atoms with Gasteiger partial charge in [-0.1, -0.05) is 6.92 Å². The molecule has 0 saturated carbocycles. The van der Waals surface area contributed by atoms with Crippen molar-refractivity contribution in [2.45, 2.75) is 13.3 Å². The molecular formula is C5H9N5O. The van der Waals surface area contributed by atoms with Gasteiger partial charge in [-0.05, 0) is 6.42 Å². The summed E-state index contributed by atoms with van der Waals surface area (Å²) in [7, 11) is 0. The highest BCUT2D eigenvalue weighted by Gasteiger charge is 2.03. The third-order valence-corrected chi connectivity index (χ3v) is 1.32. The highest BCUT2D eigenvalue weighted by atomic mass is 16.1. The van der Waals surface area contributed by atoms with Crippen LogP contribution < -0.4 is 17.1 Å². The van der Waals surface area contributed by atoms with Crippen LogP contribution in [-0.4, -0.2) is 14.9 Å². The average molecular weight is 155 g/mol. The van der Waals surface area contributed by atoms with Crippen LogP contribution in [0.15, 0.2) is 4.79 Å². The van der Waals surface area contributed by atoms with Gasteiger partial charge in [0.2, 0.25) is 5.95 Å². The third kappa shape index (κ3) is 1.14. The molecule has 0 atom stereocenters. The zero-order chi connectivity index (χ0) is 8.43. The van der Waals surface area contributed by atoms with E-state index in [1.807, 2.05) is 0 Å². The number of hydrogen-bond donors (Lipinski definition) is 2. The zero-order valence-corrected chi connectivity index (χ0v) is 6.11. The van der Waals surface area contributed by atoms with Crippen LogP contribution in [0, 0.1) is 0 Å². The Morgan fingerprint density at radius 3 is 2.73 bits per heavy atom. The normalized spacial score (nSPS) is 9.91. The summed E-state index contributed by atoms with van der Waals surface area (Å²) in [6, 6.07) is 0. The van der Waals surface area contributed by atoms with E-state index < -0.39 is 0 Å². The number of nitrogens with two attached hydrogens (primary N) is 2. The SMILES string of the molecule is CCc1nnc(N)n(N)c1=O. The molecule has 0 radical (unpaired) electrons. The Hall–Kier alpha value is -1.59. The summed E-state index contributed by atoms with van der Waals surface area (Å²) in [5.74, 6) is 5.16. The molecule has 11 heavy (non-hydrogen) atoms. The number of anilines is 1. The number of nitrogen functional groups attached to an aromatic ring is 2. The van der Waals surface area contributed by atoms with Crippen molar-refractivity contribution in [3.63, 3.8) is 0 Å². The van der Waals surface area contributed by atoms with Gasteiger partial charge in [-0.15, -0.1) is 10.2 Å². The molecule has 0 aromatic carbocycles. The maximum Gasteiger partial charge on any atom is 0.295 e. The largest absolute Gasteiger partial charge is 0.366 e. The Morgan fingerprint density at radius 2 is 2.18 bits per heavy atom. The van der Waals surface area contributed by atoms with Gasteiger partial charge in [0.05, 0.1) is 0 Å². The van der Waals surface area contributed by atoms with E-state index in [4.69, 9.17) is 11.6 Å². The van der Waals surface area contributed by atoms with E-state index in [0.717, 1.165) is 4.68 Å². The van der Waals surface area contributed by atoms with Gasteiger partial charge in [0.15, 0.2) is 0 Å². The highest BCUT2D eigenvalue weighted by Crippen LogP contribution is 1.87. The third-order valence-electron chi connectivity index (χ3n) is 1.32. The van der Waals surface area contributed by atoms with Gasteiger partial charge in [0.25, 0.3) is 5.56 Å². The number of aromatic nitrogens is 3. The van der Waals surface area contributed by atoms with Gasteiger partial charge < -0.3 is 11.6 Å². The van der Waals surface area contributed by atoms with Crippen LogP contribution in [0.2, 0.25) is 0 Å². The van der Waals surface area contributed by atoms with Gasteiger partial charge in [-0.2, -0.15) is 4.68 Å². The van der Waals surface area contributed by atoms with Crippen LogP contribution in [0.5, 0.6) is 0 Å². The van der Waals surface area contributed by atoms with E-state index >= 15 is 0 Å². The lowest BCUT2D eigenvalue weighted by atomic mass is 10.4. The first kappa shape index (κ1) is 7.52. The lowest BCUT2D eigenvalue weighted by Crippen LogP contribution is -2.33. The van der Waals surface area contributed by atoms with Crippen LogP contribution in [-0.2, 0) is 6.42 Å². The fraction of sp³-hybridized carbons (Fsp3) is 0.400. The van der Waals surface area contributed by atoms with Crippen molar-refractivity contribution >= 4 is 5.95 Å². The fourth-order valence-corrected chi connectivity index (χ4v) is 0.668. The molecule has 0 bridgehead atoms. The first-order valence-corrected chi connectivity index (χ1v) is 3.16. The Labute approximate surface area is 62.8 Å². The fourth-order valence-electron chi connectivity index (χ4n) is 0.668. The van der Waals surface area contributed by atoms with E-state index in [2.05, 4.69) is 10.2 Å². The molecule has 0 aliphatic heterocycles. The Balaban J connectivity index is 3.37. The lowest BCUT2D eigenvalue weighted by Gasteiger charge is -2.00. The maximum absolute atomic E-state index is 11.1. The quantitative estimate of drug-likeness (QED) is 0.480. The standard InChI is InChI=1S/C5H9N5O/c1-2-3-4(11)10(7)5(6)9-8-3/h2,7H2,1H3,(H2,6,9). The van der Waals surface area contributed by atoms with E-state index in [1.165, 1.54) is 0 Å². The van der Waals surface area contributed by atoms with Gasteiger partial charge in [-0.3, -0.25) is 4.79 Å². The molecule has 4 N–H and O–H groups in total. The molecule has 0 amide bonds. The molecule has 1 aromatic rings. The molecule has 0 saturated heterocycles. The van der Waals surface area contributed by atoms with Crippen molar-refractivity contribution in [3.8, 4) is 0 Å². The van der Waals surface area contributed by atoms with E-state index in [1.54, 1.807) is 6.92 Å². The second-order valence-electron chi connectivity index (χ2n) is 2.03. The van der Waals surface area contributed by atoms with E-state index in [0.29, 0.717) is 12.1 Å². The molecule has 0 spiro atoms. The monoisotopic (exact) mass is 155 g/mol. The van der Waals surface area contributed by atoms with Crippen molar-refractivity contribution in [3.05, 3.63) is 16.0 Å². The molecule has 6 heteroatoms. The molecule has 0 aliphatic rings. The van der Waals surface area contributed by atoms with Crippen LogP contribution in [0.4, 0.5) is 5.95 Å². The molecule has 1 heterocycles. The summed E-state index contributed by atoms with van der Waals surface area (Å²) < 4.78 is 0.784. The molecule has 0 fully saturated rings. The topological polar surface area (TPSA) is 99.8 Å². The van der Waals surface area contributed by atoms with Crippen molar-refractivity contribution in [1.82, 2.24) is 14.9 Å². The predicted molar refractivity (Wildman–Crippen MR) is 40.2 cm³/mol. The zero-order valence-electron chi connectivity index (χ0n) is 6.11. The maximum atomic E-state index is 11.1. The average Bonchev–Trinajstić information content (AvgIpc) is 2.01. The molecule has 1 rings (SSSR count). The minimum Gasteiger partial charge on any atom is -0.366 e. The highest BCUT2D eigenvalue weighted by molar-refractivity contribution is 5.15. The first-order chi connectivity index (χ1) is 5.16. The van der Waals surface area contributed by atoms with Gasteiger partial charge in [0.1, 0.15) is 5.69 Å². The molecule has 0 aliphatic carbocycles. The second kappa shape index (κ2) is 2.57. The summed E-state index contributed by atoms with van der Waals surface area (Å²) in [5.41, 5.74) is 5.14. The summed E-state index contributed by atoms with van der Waals surface area (Å²) >= 11 is 0. The van der Waals surface area contributed by atoms with Crippen LogP contribution >= 0.6 is 0 Å². The Bertz CT molecular complexity index is 317. The van der Waals surface area contributed by atoms with Crippen LogP contribution in [0.3, 0.4) is 0 Å². The van der Waals surface area contributed by atoms with Crippen molar-refractivity contribution in [1.29, 1.82) is 0 Å². The number of hydrogen-bond acceptors (Lipinski definition) is 5. The summed E-state index contributed by atoms with van der Waals surface area (Å²) in [5, 5.41) is 7.04. The Morgan fingerprint density at radius 1 is 1.55 bits per heavy atom. The number of rotatable bonds is 1. The van der Waals surface area contributed by atoms with Crippen molar-refractivity contribution < 1.29 is 0 Å². The minimum absolute atomic E-state index is 0.0767. The molecule has 6 nitrogen and oxygen atoms in total. The smallest absolute Gasteiger partial charge is 0.295 e. The molecule has 0 unspecified atom stereocenters. The van der Waals surface area contributed by atoms with Gasteiger partial charge in [0, 0.05) is 0 Å². The second-order valence-corrected chi connectivity index (χ2v) is 2.03. The number of aryl methyl sites for hydroxylation is 1. The van der Waals surface area contributed by atoms with Gasteiger partial charge >= 0.3 is 0 Å². The summed E-state index contributed by atoms with van der Waals surface area (Å²) in [6.07, 6.45) is 0.503. The summed E-state index contributed by atoms with van der Waals surface area (Å²) in [4.78, 5) is 11.1. The molecular weight excluding hydrogens is 146 g/mol. The van der Waals surface area contributed by atoms with E-state index in [9.17, 15) is 4.79 Å². The predicted octanol–water partition coefficient (Wildman–Crippen LogP) is -1.50. The summed E-state index contributed by atoms with van der Waals surface area (Å²) in [6.45, 7) is 1.79. The first-order valence-electron chi connectivity index (χ1n) is 3.16. The molecule has 1 aromatic heterocycles. The minimum atomic E-state index is -0.389. The lowest BCUT2D eigenvalue weighted by molar-refractivity contribution is 0.785. The number of nitrogens with zero attached hydrogens (tertiary/aromatic N) is 3.